The SMILES string of the molecule is C[C@@H]1C[C@@H](C)CN(CCCNC(=O)CN2C(=O)/C(=C\c3cccc(Cl)c3)Sc3ccccc32)C1. The fourth-order valence-corrected chi connectivity index (χ4v) is 6.13. The topological polar surface area (TPSA) is 52.7 Å². The number of carbonyl (C=O) groups excluding carboxylic acids is 2. The average molecular weight is 498 g/mol. The van der Waals surface area contributed by atoms with Crippen LogP contribution >= 0.6 is 23.4 Å². The fourth-order valence-electron chi connectivity index (χ4n) is 4.87. The first kappa shape index (κ1) is 24.8. The lowest BCUT2D eigenvalue weighted by Crippen LogP contribution is -2.43. The number of benzene rings is 2. The Balaban J connectivity index is 1.38. The van der Waals surface area contributed by atoms with Crippen LogP contribution in [0.3, 0.4) is 0 Å². The van der Waals surface area contributed by atoms with Gasteiger partial charge in [-0.05, 0) is 67.1 Å². The van der Waals surface area contributed by atoms with Crippen molar-refractivity contribution in [3.63, 3.8) is 0 Å². The molecular formula is C27H32ClN3O2S. The zero-order chi connectivity index (χ0) is 24.1. The van der Waals surface area contributed by atoms with Gasteiger partial charge in [-0.1, -0.05) is 61.5 Å². The second-order valence-corrected chi connectivity index (χ2v) is 11.0. The summed E-state index contributed by atoms with van der Waals surface area (Å²) in [6.07, 6.45) is 4.04. The maximum atomic E-state index is 13.3. The van der Waals surface area contributed by atoms with Gasteiger partial charge >= 0.3 is 0 Å². The maximum Gasteiger partial charge on any atom is 0.265 e. The summed E-state index contributed by atoms with van der Waals surface area (Å²) >= 11 is 7.54. The minimum Gasteiger partial charge on any atom is -0.355 e. The smallest absolute Gasteiger partial charge is 0.265 e. The third-order valence-electron chi connectivity index (χ3n) is 6.20. The average Bonchev–Trinajstić information content (AvgIpc) is 2.79. The number of nitrogens with one attached hydrogen (secondary N) is 1. The van der Waals surface area contributed by atoms with Crippen LogP contribution in [0.25, 0.3) is 6.08 Å². The number of hydrogen-bond donors (Lipinski definition) is 1. The van der Waals surface area contributed by atoms with E-state index in [0.29, 0.717) is 16.5 Å². The molecule has 2 aliphatic heterocycles. The van der Waals surface area contributed by atoms with Crippen molar-refractivity contribution in [2.75, 3.05) is 37.6 Å². The molecule has 2 aromatic rings. The lowest BCUT2D eigenvalue weighted by Gasteiger charge is -2.35. The summed E-state index contributed by atoms with van der Waals surface area (Å²) in [6, 6.07) is 15.1. The first-order chi connectivity index (χ1) is 16.4. The summed E-state index contributed by atoms with van der Waals surface area (Å²) < 4.78 is 0. The molecule has 1 fully saturated rings. The van der Waals surface area contributed by atoms with E-state index in [1.54, 1.807) is 11.0 Å². The van der Waals surface area contributed by atoms with E-state index in [1.165, 1.54) is 18.2 Å². The van der Waals surface area contributed by atoms with Crippen LogP contribution in [0.15, 0.2) is 58.3 Å². The molecular weight excluding hydrogens is 466 g/mol. The minimum atomic E-state index is -0.171. The van der Waals surface area contributed by atoms with Crippen molar-refractivity contribution < 1.29 is 9.59 Å². The highest BCUT2D eigenvalue weighted by Gasteiger charge is 2.30. The molecule has 7 heteroatoms. The van der Waals surface area contributed by atoms with Gasteiger partial charge in [0.25, 0.3) is 5.91 Å². The Kier molecular flexibility index (Phi) is 8.35. The van der Waals surface area contributed by atoms with E-state index in [4.69, 9.17) is 11.6 Å². The van der Waals surface area contributed by atoms with E-state index < -0.39 is 0 Å². The van der Waals surface area contributed by atoms with Gasteiger partial charge < -0.3 is 10.2 Å². The monoisotopic (exact) mass is 497 g/mol. The van der Waals surface area contributed by atoms with Crippen molar-refractivity contribution >= 4 is 46.9 Å². The molecule has 0 spiro atoms. The van der Waals surface area contributed by atoms with Crippen LogP contribution < -0.4 is 10.2 Å². The molecule has 2 amide bonds. The van der Waals surface area contributed by atoms with E-state index in [-0.39, 0.29) is 18.4 Å². The number of halogens is 1. The normalized spacial score (nSPS) is 22.0. The van der Waals surface area contributed by atoms with Crippen molar-refractivity contribution in [3.8, 4) is 0 Å². The van der Waals surface area contributed by atoms with Crippen molar-refractivity contribution in [1.82, 2.24) is 10.2 Å². The molecule has 2 heterocycles. The van der Waals surface area contributed by atoms with Crippen LogP contribution in [-0.4, -0.2) is 49.4 Å². The van der Waals surface area contributed by atoms with E-state index in [9.17, 15) is 9.59 Å². The number of para-hydroxylation sites is 1. The second kappa shape index (κ2) is 11.4. The van der Waals surface area contributed by atoms with Gasteiger partial charge in [-0.3, -0.25) is 14.5 Å². The summed E-state index contributed by atoms with van der Waals surface area (Å²) in [6.45, 7) is 8.50. The molecule has 1 N–H and O–H groups in total. The Hall–Kier alpha value is -2.28. The number of hydrogen-bond acceptors (Lipinski definition) is 4. The predicted molar refractivity (Wildman–Crippen MR) is 141 cm³/mol. The third-order valence-corrected chi connectivity index (χ3v) is 7.51. The first-order valence-corrected chi connectivity index (χ1v) is 13.1. The number of amides is 2. The highest BCUT2D eigenvalue weighted by Crippen LogP contribution is 2.42. The van der Waals surface area contributed by atoms with Crippen LogP contribution in [0.1, 0.15) is 32.3 Å². The second-order valence-electron chi connectivity index (χ2n) is 9.43. The Morgan fingerprint density at radius 1 is 1.15 bits per heavy atom. The molecule has 0 unspecified atom stereocenters. The molecule has 5 nitrogen and oxygen atoms in total. The fraction of sp³-hybridized carbons (Fsp3) is 0.407. The quantitative estimate of drug-likeness (QED) is 0.416. The zero-order valence-corrected chi connectivity index (χ0v) is 21.4. The number of carbonyl (C=O) groups is 2. The first-order valence-electron chi connectivity index (χ1n) is 11.9. The van der Waals surface area contributed by atoms with Crippen molar-refractivity contribution in [2.45, 2.75) is 31.6 Å². The highest BCUT2D eigenvalue weighted by molar-refractivity contribution is 8.04. The minimum absolute atomic E-state index is 0.00107. The molecule has 2 aliphatic rings. The number of fused-ring (bicyclic) bond motifs is 1. The van der Waals surface area contributed by atoms with Crippen molar-refractivity contribution in [1.29, 1.82) is 0 Å². The Bertz CT molecular complexity index is 1060. The summed E-state index contributed by atoms with van der Waals surface area (Å²) in [7, 11) is 0. The summed E-state index contributed by atoms with van der Waals surface area (Å²) in [5.41, 5.74) is 1.63. The van der Waals surface area contributed by atoms with Crippen LogP contribution in [-0.2, 0) is 9.59 Å². The molecule has 2 aromatic carbocycles. The highest BCUT2D eigenvalue weighted by atomic mass is 35.5. The lowest BCUT2D eigenvalue weighted by molar-refractivity contribution is -0.122. The number of piperidine rings is 1. The van der Waals surface area contributed by atoms with Gasteiger partial charge in [-0.25, -0.2) is 0 Å². The Labute approximate surface area is 211 Å². The number of nitrogens with zero attached hydrogens (tertiary/aromatic N) is 2. The zero-order valence-electron chi connectivity index (χ0n) is 19.8. The molecule has 4 rings (SSSR count). The summed E-state index contributed by atoms with van der Waals surface area (Å²) in [4.78, 5) is 31.7. The standard InChI is InChI=1S/C27H32ClN3O2S/c1-19-13-20(2)17-30(16-19)12-6-11-29-26(32)18-31-23-9-3-4-10-24(23)34-25(27(31)33)15-21-7-5-8-22(28)14-21/h3-5,7-10,14-15,19-20H,6,11-13,16-18H2,1-2H3,(H,29,32)/b25-15+/t19-,20-/m1/s1. The molecule has 1 saturated heterocycles. The van der Waals surface area contributed by atoms with Crippen LogP contribution in [0.5, 0.6) is 0 Å². The van der Waals surface area contributed by atoms with Gasteiger partial charge in [0, 0.05) is 29.6 Å². The predicted octanol–water partition coefficient (Wildman–Crippen LogP) is 5.30. The van der Waals surface area contributed by atoms with Crippen molar-refractivity contribution in [3.05, 3.63) is 64.0 Å². The number of anilines is 1. The summed E-state index contributed by atoms with van der Waals surface area (Å²) in [5, 5.41) is 3.63. The largest absolute Gasteiger partial charge is 0.355 e. The van der Waals surface area contributed by atoms with E-state index in [2.05, 4.69) is 24.1 Å². The number of rotatable bonds is 7. The van der Waals surface area contributed by atoms with Gasteiger partial charge in [-0.2, -0.15) is 0 Å². The maximum absolute atomic E-state index is 13.3. The van der Waals surface area contributed by atoms with E-state index in [1.807, 2.05) is 48.5 Å². The van der Waals surface area contributed by atoms with Gasteiger partial charge in [0.2, 0.25) is 5.91 Å². The molecule has 0 aliphatic carbocycles. The van der Waals surface area contributed by atoms with E-state index in [0.717, 1.165) is 54.0 Å². The van der Waals surface area contributed by atoms with Gasteiger partial charge in [0.05, 0.1) is 10.6 Å². The van der Waals surface area contributed by atoms with E-state index >= 15 is 0 Å². The van der Waals surface area contributed by atoms with Crippen LogP contribution in [0.4, 0.5) is 5.69 Å². The van der Waals surface area contributed by atoms with Crippen LogP contribution in [0.2, 0.25) is 5.02 Å². The molecule has 0 aromatic heterocycles. The molecule has 180 valence electrons. The number of likely N-dealkylation sites (tertiary alicyclic amines) is 1. The Morgan fingerprint density at radius 2 is 1.91 bits per heavy atom. The molecule has 0 radical (unpaired) electrons. The Morgan fingerprint density at radius 3 is 2.68 bits per heavy atom. The molecule has 2 atom stereocenters. The summed E-state index contributed by atoms with van der Waals surface area (Å²) in [5.74, 6) is 1.15. The van der Waals surface area contributed by atoms with Gasteiger partial charge in [-0.15, -0.1) is 0 Å². The molecule has 0 saturated carbocycles. The molecule has 0 bridgehead atoms. The van der Waals surface area contributed by atoms with Gasteiger partial charge in [0.15, 0.2) is 0 Å². The van der Waals surface area contributed by atoms with Gasteiger partial charge in [0.1, 0.15) is 6.54 Å². The lowest BCUT2D eigenvalue weighted by atomic mass is 9.92. The number of thioether (sulfide) groups is 1. The third kappa shape index (κ3) is 6.44. The van der Waals surface area contributed by atoms with Crippen molar-refractivity contribution in [2.24, 2.45) is 11.8 Å². The van der Waals surface area contributed by atoms with Crippen LogP contribution in [0, 0.1) is 11.8 Å². The molecule has 34 heavy (non-hydrogen) atoms.